The highest BCUT2D eigenvalue weighted by molar-refractivity contribution is 6.30. The first-order valence-corrected chi connectivity index (χ1v) is 7.83. The molecule has 0 bridgehead atoms. The summed E-state index contributed by atoms with van der Waals surface area (Å²) in [6.07, 6.45) is 0. The molecule has 4 nitrogen and oxygen atoms in total. The Morgan fingerprint density at radius 2 is 1.77 bits per heavy atom. The van der Waals surface area contributed by atoms with Crippen molar-refractivity contribution in [2.45, 2.75) is 39.5 Å². The van der Waals surface area contributed by atoms with Crippen LogP contribution in [0.25, 0.3) is 0 Å². The van der Waals surface area contributed by atoms with Crippen LogP contribution < -0.4 is 5.32 Å². The van der Waals surface area contributed by atoms with Gasteiger partial charge in [0, 0.05) is 11.6 Å². The molecular weight excluding hydrogens is 298 g/mol. The summed E-state index contributed by atoms with van der Waals surface area (Å²) in [5.41, 5.74) is 2.48. The fourth-order valence-corrected chi connectivity index (χ4v) is 2.35. The molecule has 1 aromatic heterocycles. The Kier molecular flexibility index (Phi) is 5.24. The maximum atomic E-state index is 10.0. The zero-order valence-corrected chi connectivity index (χ0v) is 14.1. The Morgan fingerprint density at radius 1 is 1.14 bits per heavy atom. The second kappa shape index (κ2) is 6.97. The van der Waals surface area contributed by atoms with Gasteiger partial charge in [-0.2, -0.15) is 0 Å². The Bertz CT molecular complexity index is 641. The zero-order chi connectivity index (χ0) is 16.3. The van der Waals surface area contributed by atoms with E-state index in [4.69, 9.17) is 11.6 Å². The number of aromatic nitrogens is 2. The second-order valence-electron chi connectivity index (χ2n) is 5.85. The highest BCUT2D eigenvalue weighted by atomic mass is 35.5. The van der Waals surface area contributed by atoms with E-state index in [0.717, 1.165) is 5.02 Å². The Labute approximate surface area is 136 Å². The van der Waals surface area contributed by atoms with E-state index in [1.165, 1.54) is 5.56 Å². The van der Waals surface area contributed by atoms with Crippen molar-refractivity contribution >= 4 is 17.5 Å². The van der Waals surface area contributed by atoms with Gasteiger partial charge in [0.15, 0.2) is 5.75 Å². The van der Waals surface area contributed by atoms with E-state index in [1.807, 2.05) is 38.1 Å². The summed E-state index contributed by atoms with van der Waals surface area (Å²) in [6, 6.07) is 7.84. The van der Waals surface area contributed by atoms with Crippen LogP contribution in [-0.4, -0.2) is 21.6 Å². The predicted octanol–water partition coefficient (Wildman–Crippen LogP) is 4.48. The molecule has 0 saturated carbocycles. The lowest BCUT2D eigenvalue weighted by molar-refractivity contribution is 0.451. The van der Waals surface area contributed by atoms with Gasteiger partial charge in [-0.15, -0.1) is 0 Å². The summed E-state index contributed by atoms with van der Waals surface area (Å²) < 4.78 is 0. The summed E-state index contributed by atoms with van der Waals surface area (Å²) in [5.74, 6) is 1.19. The van der Waals surface area contributed by atoms with Gasteiger partial charge < -0.3 is 10.4 Å². The van der Waals surface area contributed by atoms with Gasteiger partial charge in [0.25, 0.3) is 0 Å². The van der Waals surface area contributed by atoms with Crippen molar-refractivity contribution in [2.24, 2.45) is 0 Å². The minimum Gasteiger partial charge on any atom is -0.504 e. The van der Waals surface area contributed by atoms with E-state index in [9.17, 15) is 5.11 Å². The number of aromatic hydroxyl groups is 1. The van der Waals surface area contributed by atoms with Gasteiger partial charge >= 0.3 is 0 Å². The summed E-state index contributed by atoms with van der Waals surface area (Å²) in [7, 11) is 0. The molecule has 1 unspecified atom stereocenters. The maximum Gasteiger partial charge on any atom is 0.223 e. The molecule has 1 heterocycles. The number of hydrogen-bond donors (Lipinski definition) is 2. The van der Waals surface area contributed by atoms with Crippen LogP contribution in [0.5, 0.6) is 5.75 Å². The SMILES string of the molecule is Cc1nc(NCC(C)c2ccc(Cl)cc2)nc(C(C)C)c1O. The van der Waals surface area contributed by atoms with E-state index < -0.39 is 0 Å². The molecule has 0 amide bonds. The van der Waals surface area contributed by atoms with Crippen molar-refractivity contribution in [3.05, 3.63) is 46.2 Å². The van der Waals surface area contributed by atoms with Crippen molar-refractivity contribution < 1.29 is 5.11 Å². The molecule has 2 rings (SSSR count). The van der Waals surface area contributed by atoms with Crippen molar-refractivity contribution in [3.63, 3.8) is 0 Å². The van der Waals surface area contributed by atoms with Crippen molar-refractivity contribution in [2.75, 3.05) is 11.9 Å². The first-order chi connectivity index (χ1) is 10.4. The third kappa shape index (κ3) is 3.89. The summed E-state index contributed by atoms with van der Waals surface area (Å²) in [6.45, 7) is 8.64. The lowest BCUT2D eigenvalue weighted by Gasteiger charge is -2.15. The van der Waals surface area contributed by atoms with Crippen LogP contribution >= 0.6 is 11.6 Å². The normalized spacial score (nSPS) is 12.5. The molecule has 0 saturated heterocycles. The summed E-state index contributed by atoms with van der Waals surface area (Å²) in [4.78, 5) is 8.72. The standard InChI is InChI=1S/C17H22ClN3O/c1-10(2)15-16(22)12(4)20-17(21-15)19-9-11(3)13-5-7-14(18)8-6-13/h5-8,10-11,22H,9H2,1-4H3,(H,19,20,21). The van der Waals surface area contributed by atoms with Crippen molar-refractivity contribution in [1.82, 2.24) is 9.97 Å². The average Bonchev–Trinajstić information content (AvgIpc) is 2.48. The number of nitrogens with zero attached hydrogens (tertiary/aromatic N) is 2. The molecule has 0 radical (unpaired) electrons. The maximum absolute atomic E-state index is 10.0. The topological polar surface area (TPSA) is 58.0 Å². The molecule has 0 aliphatic carbocycles. The van der Waals surface area contributed by atoms with E-state index in [2.05, 4.69) is 22.2 Å². The molecule has 0 aliphatic heterocycles. The van der Waals surface area contributed by atoms with Crippen LogP contribution in [0.3, 0.4) is 0 Å². The minimum atomic E-state index is 0.149. The number of anilines is 1. The van der Waals surface area contributed by atoms with Crippen LogP contribution in [0.1, 0.15) is 49.6 Å². The van der Waals surface area contributed by atoms with E-state index in [0.29, 0.717) is 29.8 Å². The number of halogens is 1. The van der Waals surface area contributed by atoms with Gasteiger partial charge in [-0.05, 0) is 36.5 Å². The third-order valence-electron chi connectivity index (χ3n) is 3.64. The molecule has 22 heavy (non-hydrogen) atoms. The highest BCUT2D eigenvalue weighted by Crippen LogP contribution is 2.27. The highest BCUT2D eigenvalue weighted by Gasteiger charge is 2.14. The van der Waals surface area contributed by atoms with E-state index in [-0.39, 0.29) is 11.7 Å². The third-order valence-corrected chi connectivity index (χ3v) is 3.89. The van der Waals surface area contributed by atoms with Gasteiger partial charge in [0.2, 0.25) is 5.95 Å². The molecule has 118 valence electrons. The zero-order valence-electron chi connectivity index (χ0n) is 13.4. The summed E-state index contributed by atoms with van der Waals surface area (Å²) >= 11 is 5.91. The van der Waals surface area contributed by atoms with Crippen LogP contribution in [-0.2, 0) is 0 Å². The molecule has 0 fully saturated rings. The first kappa shape index (κ1) is 16.6. The van der Waals surface area contributed by atoms with Gasteiger partial charge in [-0.3, -0.25) is 0 Å². The van der Waals surface area contributed by atoms with Crippen LogP contribution in [0.2, 0.25) is 5.02 Å². The molecule has 1 aromatic carbocycles. The molecule has 0 spiro atoms. The largest absolute Gasteiger partial charge is 0.504 e. The van der Waals surface area contributed by atoms with Gasteiger partial charge in [-0.25, -0.2) is 9.97 Å². The average molecular weight is 320 g/mol. The van der Waals surface area contributed by atoms with Crippen molar-refractivity contribution in [1.29, 1.82) is 0 Å². The fourth-order valence-electron chi connectivity index (χ4n) is 2.22. The van der Waals surface area contributed by atoms with Crippen molar-refractivity contribution in [3.8, 4) is 5.75 Å². The van der Waals surface area contributed by atoms with Gasteiger partial charge in [0.05, 0.1) is 11.4 Å². The number of nitrogens with one attached hydrogen (secondary N) is 1. The smallest absolute Gasteiger partial charge is 0.223 e. The second-order valence-corrected chi connectivity index (χ2v) is 6.29. The first-order valence-electron chi connectivity index (χ1n) is 7.45. The molecular formula is C17H22ClN3O. The summed E-state index contributed by atoms with van der Waals surface area (Å²) in [5, 5.41) is 14.0. The van der Waals surface area contributed by atoms with Crippen LogP contribution in [0.15, 0.2) is 24.3 Å². The lowest BCUT2D eigenvalue weighted by Crippen LogP contribution is -2.13. The van der Waals surface area contributed by atoms with Gasteiger partial charge in [0.1, 0.15) is 0 Å². The number of benzene rings is 1. The monoisotopic (exact) mass is 319 g/mol. The van der Waals surface area contributed by atoms with E-state index >= 15 is 0 Å². The molecule has 5 heteroatoms. The number of aryl methyl sites for hydroxylation is 1. The molecule has 2 aromatic rings. The molecule has 0 aliphatic rings. The van der Waals surface area contributed by atoms with Gasteiger partial charge in [-0.1, -0.05) is 44.5 Å². The predicted molar refractivity (Wildman–Crippen MR) is 90.9 cm³/mol. The minimum absolute atomic E-state index is 0.149. The molecule has 2 N–H and O–H groups in total. The molecule has 1 atom stereocenters. The van der Waals surface area contributed by atoms with Crippen LogP contribution in [0.4, 0.5) is 5.95 Å². The fraction of sp³-hybridized carbons (Fsp3) is 0.412. The number of hydrogen-bond acceptors (Lipinski definition) is 4. The van der Waals surface area contributed by atoms with E-state index in [1.54, 1.807) is 6.92 Å². The lowest BCUT2D eigenvalue weighted by atomic mass is 10.0. The Balaban J connectivity index is 2.09. The van der Waals surface area contributed by atoms with Crippen LogP contribution in [0, 0.1) is 6.92 Å². The quantitative estimate of drug-likeness (QED) is 0.853. The Morgan fingerprint density at radius 3 is 2.36 bits per heavy atom. The Hall–Kier alpha value is -1.81. The number of rotatable bonds is 5.